The Hall–Kier alpha value is -3.13. The zero-order valence-electron chi connectivity index (χ0n) is 18.9. The third kappa shape index (κ3) is 8.55. The summed E-state index contributed by atoms with van der Waals surface area (Å²) >= 11 is 5.05. The van der Waals surface area contributed by atoms with Crippen molar-refractivity contribution >= 4 is 29.1 Å². The van der Waals surface area contributed by atoms with Crippen molar-refractivity contribution in [3.63, 3.8) is 0 Å². The van der Waals surface area contributed by atoms with E-state index in [2.05, 4.69) is 43.9 Å². The number of ether oxygens (including phenoxy) is 2. The molecule has 0 bridgehead atoms. The molecule has 2 amide bonds. The van der Waals surface area contributed by atoms with Crippen LogP contribution < -0.4 is 25.6 Å². The van der Waals surface area contributed by atoms with Gasteiger partial charge in [0.05, 0.1) is 6.61 Å². The summed E-state index contributed by atoms with van der Waals surface area (Å²) in [6.07, 6.45) is 1.06. The fourth-order valence-corrected chi connectivity index (χ4v) is 2.76. The fraction of sp³-hybridized carbons (Fsp3) is 0.375. The molecule has 0 saturated heterocycles. The van der Waals surface area contributed by atoms with Gasteiger partial charge < -0.3 is 9.47 Å². The van der Waals surface area contributed by atoms with E-state index in [1.807, 2.05) is 24.3 Å². The molecular weight excluding hydrogens is 426 g/mol. The van der Waals surface area contributed by atoms with Crippen molar-refractivity contribution < 1.29 is 19.1 Å². The Balaban J connectivity index is 1.71. The Morgan fingerprint density at radius 3 is 2.09 bits per heavy atom. The van der Waals surface area contributed by atoms with Crippen molar-refractivity contribution in [3.05, 3.63) is 59.7 Å². The van der Waals surface area contributed by atoms with Gasteiger partial charge in [-0.25, -0.2) is 0 Å². The first-order valence-electron chi connectivity index (χ1n) is 10.6. The molecule has 2 aromatic rings. The number of carbonyl (C=O) groups excluding carboxylic acids is 2. The first kappa shape index (κ1) is 25.1. The van der Waals surface area contributed by atoms with Crippen molar-refractivity contribution in [2.75, 3.05) is 13.2 Å². The van der Waals surface area contributed by atoms with E-state index in [0.29, 0.717) is 35.5 Å². The second-order valence-corrected chi connectivity index (χ2v) is 8.26. The van der Waals surface area contributed by atoms with E-state index in [0.717, 1.165) is 6.42 Å². The lowest BCUT2D eigenvalue weighted by Gasteiger charge is -2.13. The highest BCUT2D eigenvalue weighted by Crippen LogP contribution is 2.21. The smallest absolute Gasteiger partial charge is 0.276 e. The summed E-state index contributed by atoms with van der Waals surface area (Å²) in [7, 11) is 0. The van der Waals surface area contributed by atoms with Crippen molar-refractivity contribution in [1.29, 1.82) is 0 Å². The predicted octanol–water partition coefficient (Wildman–Crippen LogP) is 3.95. The minimum Gasteiger partial charge on any atom is -0.493 e. The highest BCUT2D eigenvalue weighted by Gasteiger charge is 2.10. The molecule has 0 heterocycles. The SMILES string of the molecule is CCC(C)c1ccc(OCC(=O)NNC(=S)NC(=O)c2ccc(OCC(C)C)cc2)cc1. The van der Waals surface area contributed by atoms with Crippen LogP contribution in [0.4, 0.5) is 0 Å². The number of hydrogen-bond acceptors (Lipinski definition) is 5. The average Bonchev–Trinajstić information content (AvgIpc) is 2.80. The van der Waals surface area contributed by atoms with Gasteiger partial charge in [-0.2, -0.15) is 0 Å². The summed E-state index contributed by atoms with van der Waals surface area (Å²) in [5, 5.41) is 2.48. The van der Waals surface area contributed by atoms with Crippen LogP contribution >= 0.6 is 12.2 Å². The maximum Gasteiger partial charge on any atom is 0.276 e. The number of rotatable bonds is 9. The number of nitrogens with one attached hydrogen (secondary N) is 3. The zero-order valence-corrected chi connectivity index (χ0v) is 19.8. The molecule has 1 atom stereocenters. The van der Waals surface area contributed by atoms with E-state index in [1.165, 1.54) is 5.56 Å². The highest BCUT2D eigenvalue weighted by atomic mass is 32.1. The van der Waals surface area contributed by atoms with Crippen molar-refractivity contribution in [1.82, 2.24) is 16.2 Å². The molecule has 3 N–H and O–H groups in total. The number of amides is 2. The van der Waals surface area contributed by atoms with Crippen LogP contribution in [0.2, 0.25) is 0 Å². The molecule has 32 heavy (non-hydrogen) atoms. The van der Waals surface area contributed by atoms with Gasteiger partial charge in [-0.05, 0) is 72.4 Å². The van der Waals surface area contributed by atoms with Gasteiger partial charge in [0.1, 0.15) is 11.5 Å². The lowest BCUT2D eigenvalue weighted by Crippen LogP contribution is -2.49. The summed E-state index contributed by atoms with van der Waals surface area (Å²) in [4.78, 5) is 24.2. The van der Waals surface area contributed by atoms with Crippen molar-refractivity contribution in [2.45, 2.75) is 40.0 Å². The number of thiocarbonyl (C=S) groups is 1. The van der Waals surface area contributed by atoms with E-state index >= 15 is 0 Å². The van der Waals surface area contributed by atoms with Gasteiger partial charge in [0.2, 0.25) is 0 Å². The monoisotopic (exact) mass is 457 g/mol. The van der Waals surface area contributed by atoms with Gasteiger partial charge in [-0.3, -0.25) is 25.8 Å². The zero-order chi connectivity index (χ0) is 23.5. The quantitative estimate of drug-likeness (QED) is 0.390. The van der Waals surface area contributed by atoms with Crippen LogP contribution in [0.25, 0.3) is 0 Å². The molecule has 2 aromatic carbocycles. The summed E-state index contributed by atoms with van der Waals surface area (Å²) in [5.41, 5.74) is 6.53. The maximum atomic E-state index is 12.3. The Kier molecular flexibility index (Phi) is 9.94. The lowest BCUT2D eigenvalue weighted by atomic mass is 9.99. The number of benzene rings is 2. The lowest BCUT2D eigenvalue weighted by molar-refractivity contribution is -0.123. The average molecular weight is 458 g/mol. The number of hydrogen-bond donors (Lipinski definition) is 3. The molecule has 0 aliphatic carbocycles. The van der Waals surface area contributed by atoms with E-state index in [9.17, 15) is 9.59 Å². The van der Waals surface area contributed by atoms with E-state index in [1.54, 1.807) is 24.3 Å². The molecule has 2 rings (SSSR count). The summed E-state index contributed by atoms with van der Waals surface area (Å²) < 4.78 is 11.1. The minimum absolute atomic E-state index is 0.0265. The van der Waals surface area contributed by atoms with Crippen LogP contribution in [0.3, 0.4) is 0 Å². The predicted molar refractivity (Wildman–Crippen MR) is 129 cm³/mol. The normalized spacial score (nSPS) is 11.4. The molecule has 0 aliphatic heterocycles. The number of hydrazine groups is 1. The largest absolute Gasteiger partial charge is 0.493 e. The van der Waals surface area contributed by atoms with Gasteiger partial charge in [0.25, 0.3) is 11.8 Å². The Morgan fingerprint density at radius 2 is 1.50 bits per heavy atom. The van der Waals surface area contributed by atoms with Crippen LogP contribution in [0, 0.1) is 5.92 Å². The summed E-state index contributed by atoms with van der Waals surface area (Å²) in [6.45, 7) is 8.83. The third-order valence-corrected chi connectivity index (χ3v) is 4.88. The van der Waals surface area contributed by atoms with Gasteiger partial charge in [0, 0.05) is 5.56 Å². The summed E-state index contributed by atoms with van der Waals surface area (Å²) in [6, 6.07) is 14.4. The van der Waals surface area contributed by atoms with Gasteiger partial charge >= 0.3 is 0 Å². The van der Waals surface area contributed by atoms with Crippen LogP contribution in [0.15, 0.2) is 48.5 Å². The van der Waals surface area contributed by atoms with E-state index in [4.69, 9.17) is 21.7 Å². The molecule has 8 heteroatoms. The second-order valence-electron chi connectivity index (χ2n) is 7.85. The van der Waals surface area contributed by atoms with E-state index < -0.39 is 11.8 Å². The van der Waals surface area contributed by atoms with Crippen molar-refractivity contribution in [3.8, 4) is 11.5 Å². The third-order valence-electron chi connectivity index (χ3n) is 4.67. The maximum absolute atomic E-state index is 12.3. The second kappa shape index (κ2) is 12.7. The first-order valence-corrected chi connectivity index (χ1v) is 11.0. The molecule has 0 aliphatic rings. The Labute approximate surface area is 194 Å². The molecule has 7 nitrogen and oxygen atoms in total. The fourth-order valence-electron chi connectivity index (χ4n) is 2.61. The standard InChI is InChI=1S/C24H31N3O4S/c1-5-17(4)18-6-10-21(11-7-18)31-15-22(28)26-27-24(32)25-23(29)19-8-12-20(13-9-19)30-14-16(2)3/h6-13,16-17H,5,14-15H2,1-4H3,(H,26,28)(H2,25,27,29,32). The van der Waals surface area contributed by atoms with Crippen LogP contribution in [-0.4, -0.2) is 30.1 Å². The van der Waals surface area contributed by atoms with Crippen LogP contribution in [0.1, 0.15) is 56.0 Å². The molecule has 1 unspecified atom stereocenters. The first-order chi connectivity index (χ1) is 15.3. The van der Waals surface area contributed by atoms with Crippen molar-refractivity contribution in [2.24, 2.45) is 5.92 Å². The van der Waals surface area contributed by atoms with Crippen LogP contribution in [-0.2, 0) is 4.79 Å². The van der Waals surface area contributed by atoms with E-state index in [-0.39, 0.29) is 11.7 Å². The molecule has 0 spiro atoms. The minimum atomic E-state index is -0.431. The molecule has 0 aromatic heterocycles. The molecular formula is C24H31N3O4S. The number of carbonyl (C=O) groups is 2. The topological polar surface area (TPSA) is 88.7 Å². The molecule has 172 valence electrons. The van der Waals surface area contributed by atoms with Gasteiger partial charge in [-0.1, -0.05) is 39.8 Å². The molecule has 0 saturated carbocycles. The van der Waals surface area contributed by atoms with Crippen LogP contribution in [0.5, 0.6) is 11.5 Å². The van der Waals surface area contributed by atoms with Gasteiger partial charge in [0.15, 0.2) is 11.7 Å². The Morgan fingerprint density at radius 1 is 0.906 bits per heavy atom. The Bertz CT molecular complexity index is 898. The summed E-state index contributed by atoms with van der Waals surface area (Å²) in [5.74, 6) is 1.35. The highest BCUT2D eigenvalue weighted by molar-refractivity contribution is 7.80. The molecule has 0 fully saturated rings. The van der Waals surface area contributed by atoms with Gasteiger partial charge in [-0.15, -0.1) is 0 Å². The molecule has 0 radical (unpaired) electrons.